The fourth-order valence-corrected chi connectivity index (χ4v) is 6.59. The van der Waals surface area contributed by atoms with E-state index in [4.69, 9.17) is 25.7 Å². The van der Waals surface area contributed by atoms with E-state index in [1.807, 2.05) is 54.6 Å². The Morgan fingerprint density at radius 2 is 1.85 bits per heavy atom. The number of nitro benzene ring substituents is 1. The minimum atomic E-state index is -0.792. The van der Waals surface area contributed by atoms with Crippen LogP contribution in [0, 0.1) is 10.1 Å². The lowest BCUT2D eigenvalue weighted by Gasteiger charge is -2.26. The van der Waals surface area contributed by atoms with E-state index in [1.54, 1.807) is 25.1 Å². The summed E-state index contributed by atoms with van der Waals surface area (Å²) in [6.07, 6.45) is 1.61. The summed E-state index contributed by atoms with van der Waals surface area (Å²) in [6.45, 7) is 6.10. The number of esters is 1. The maximum Gasteiger partial charge on any atom is 0.338 e. The first-order valence-corrected chi connectivity index (χ1v) is 15.8. The molecule has 0 N–H and O–H groups in total. The van der Waals surface area contributed by atoms with Crippen molar-refractivity contribution in [3.8, 4) is 11.3 Å². The SMILES string of the molecule is CCOC(=O)C1=C(c2ccccc2)N=c2s/c(=C\c3ccc(-c4ccc([N+](=O)[O-])cc4Cl)o3)c(=O)n2[C@@H]1c1ccc(C(C)C)cc1. The van der Waals surface area contributed by atoms with E-state index < -0.39 is 16.9 Å². The molecule has 1 aliphatic heterocycles. The second-order valence-electron chi connectivity index (χ2n) is 10.9. The standard InChI is InChI=1S/C35H28ClN3O6S/c1-4-44-34(41)30-31(22-8-6-5-7-9-22)37-35-38(32(30)23-12-10-21(11-13-23)20(2)3)33(40)29(46-35)19-25-15-17-28(45-25)26-16-14-24(39(42)43)18-27(26)36/h5-20,32H,4H2,1-3H3/b29-19-/t32-/m1/s1. The summed E-state index contributed by atoms with van der Waals surface area (Å²) in [7, 11) is 0. The van der Waals surface area contributed by atoms with Crippen LogP contribution in [0.2, 0.25) is 5.02 Å². The molecular weight excluding hydrogens is 626 g/mol. The number of hydrogen-bond donors (Lipinski definition) is 0. The van der Waals surface area contributed by atoms with Crippen molar-refractivity contribution < 1.29 is 18.9 Å². The third-order valence-electron chi connectivity index (χ3n) is 7.62. The van der Waals surface area contributed by atoms with Gasteiger partial charge in [0.1, 0.15) is 11.5 Å². The third-order valence-corrected chi connectivity index (χ3v) is 8.92. The van der Waals surface area contributed by atoms with Crippen LogP contribution in [0.3, 0.4) is 0 Å². The number of aromatic nitrogens is 1. The molecule has 2 aromatic heterocycles. The van der Waals surface area contributed by atoms with Gasteiger partial charge in [-0.25, -0.2) is 9.79 Å². The predicted molar refractivity (Wildman–Crippen MR) is 177 cm³/mol. The van der Waals surface area contributed by atoms with Crippen LogP contribution in [-0.4, -0.2) is 22.1 Å². The number of thiazole rings is 1. The first-order valence-electron chi connectivity index (χ1n) is 14.6. The smallest absolute Gasteiger partial charge is 0.338 e. The average molecular weight is 654 g/mol. The predicted octanol–water partition coefficient (Wildman–Crippen LogP) is 6.88. The normalized spacial score (nSPS) is 14.7. The van der Waals surface area contributed by atoms with E-state index in [9.17, 15) is 19.7 Å². The van der Waals surface area contributed by atoms with E-state index in [2.05, 4.69) is 13.8 Å². The Morgan fingerprint density at radius 3 is 2.50 bits per heavy atom. The summed E-state index contributed by atoms with van der Waals surface area (Å²) in [5, 5.41) is 11.3. The summed E-state index contributed by atoms with van der Waals surface area (Å²) in [6, 6.07) is 24.0. The molecule has 5 aromatic rings. The van der Waals surface area contributed by atoms with Crippen molar-refractivity contribution in [1.29, 1.82) is 0 Å². The Morgan fingerprint density at radius 1 is 1.11 bits per heavy atom. The highest BCUT2D eigenvalue weighted by Crippen LogP contribution is 2.36. The summed E-state index contributed by atoms with van der Waals surface area (Å²) in [5.74, 6) is 0.515. The fraction of sp³-hybridized carbons (Fsp3) is 0.171. The van der Waals surface area contributed by atoms with Gasteiger partial charge in [-0.1, -0.05) is 91.4 Å². The molecule has 6 rings (SSSR count). The number of nitrogens with zero attached hydrogens (tertiary/aromatic N) is 3. The maximum absolute atomic E-state index is 14.2. The number of halogens is 1. The Balaban J connectivity index is 1.53. The van der Waals surface area contributed by atoms with E-state index in [1.165, 1.54) is 34.1 Å². The van der Waals surface area contributed by atoms with Crippen molar-refractivity contribution in [3.05, 3.63) is 148 Å². The zero-order valence-corrected chi connectivity index (χ0v) is 26.7. The second kappa shape index (κ2) is 12.7. The van der Waals surface area contributed by atoms with Crippen LogP contribution in [0.15, 0.2) is 105 Å². The van der Waals surface area contributed by atoms with Gasteiger partial charge in [-0.3, -0.25) is 19.5 Å². The highest BCUT2D eigenvalue weighted by Gasteiger charge is 2.35. The molecule has 0 saturated heterocycles. The molecular formula is C35H28ClN3O6S. The zero-order chi connectivity index (χ0) is 32.5. The van der Waals surface area contributed by atoms with Crippen LogP contribution < -0.4 is 14.9 Å². The number of carbonyl (C=O) groups excluding carboxylic acids is 1. The monoisotopic (exact) mass is 653 g/mol. The largest absolute Gasteiger partial charge is 0.463 e. The summed E-state index contributed by atoms with van der Waals surface area (Å²) < 4.78 is 13.4. The number of furan rings is 1. The van der Waals surface area contributed by atoms with Crippen molar-refractivity contribution in [1.82, 2.24) is 4.57 Å². The number of carbonyl (C=O) groups is 1. The molecule has 0 amide bonds. The molecule has 0 spiro atoms. The fourth-order valence-electron chi connectivity index (χ4n) is 5.34. The van der Waals surface area contributed by atoms with Crippen LogP contribution in [0.1, 0.15) is 55.2 Å². The van der Waals surface area contributed by atoms with Gasteiger partial charge in [0.2, 0.25) is 0 Å². The molecule has 0 bridgehead atoms. The minimum absolute atomic E-state index is 0.132. The average Bonchev–Trinajstić information content (AvgIpc) is 3.64. The number of non-ortho nitro benzene ring substituents is 1. The van der Waals surface area contributed by atoms with Gasteiger partial charge in [-0.15, -0.1) is 0 Å². The number of rotatable bonds is 8. The van der Waals surface area contributed by atoms with Gasteiger partial charge in [-0.2, -0.15) is 0 Å². The van der Waals surface area contributed by atoms with Crippen LogP contribution in [0.5, 0.6) is 0 Å². The van der Waals surface area contributed by atoms with Crippen molar-refractivity contribution in [2.45, 2.75) is 32.7 Å². The lowest BCUT2D eigenvalue weighted by atomic mass is 9.91. The topological polar surface area (TPSA) is 117 Å². The Hall–Kier alpha value is -5.06. The van der Waals surface area contributed by atoms with E-state index in [-0.39, 0.29) is 28.4 Å². The molecule has 3 aromatic carbocycles. The van der Waals surface area contributed by atoms with Gasteiger partial charge < -0.3 is 9.15 Å². The molecule has 0 fully saturated rings. The van der Waals surface area contributed by atoms with E-state index in [0.29, 0.717) is 38.0 Å². The summed E-state index contributed by atoms with van der Waals surface area (Å²) in [5.41, 5.74) is 3.32. The Kier molecular flexibility index (Phi) is 8.57. The number of benzene rings is 3. The zero-order valence-electron chi connectivity index (χ0n) is 25.1. The molecule has 9 nitrogen and oxygen atoms in total. The number of nitro groups is 1. The maximum atomic E-state index is 14.2. The van der Waals surface area contributed by atoms with Crippen molar-refractivity contribution in [2.24, 2.45) is 4.99 Å². The van der Waals surface area contributed by atoms with Crippen molar-refractivity contribution in [2.75, 3.05) is 6.61 Å². The number of ether oxygens (including phenoxy) is 1. The lowest BCUT2D eigenvalue weighted by Crippen LogP contribution is -2.40. The van der Waals surface area contributed by atoms with Gasteiger partial charge in [0.05, 0.1) is 38.4 Å². The van der Waals surface area contributed by atoms with Gasteiger partial charge in [-0.05, 0) is 42.2 Å². The van der Waals surface area contributed by atoms with Gasteiger partial charge in [0.25, 0.3) is 11.2 Å². The number of fused-ring (bicyclic) bond motifs is 1. The number of hydrogen-bond acceptors (Lipinski definition) is 8. The molecule has 0 unspecified atom stereocenters. The Bertz CT molecular complexity index is 2180. The van der Waals surface area contributed by atoms with Crippen LogP contribution in [0.4, 0.5) is 5.69 Å². The molecule has 0 radical (unpaired) electrons. The quantitative estimate of drug-likeness (QED) is 0.102. The highest BCUT2D eigenvalue weighted by atomic mass is 35.5. The first-order chi connectivity index (χ1) is 22.2. The van der Waals surface area contributed by atoms with Crippen LogP contribution in [-0.2, 0) is 9.53 Å². The second-order valence-corrected chi connectivity index (χ2v) is 12.3. The molecule has 0 saturated carbocycles. The summed E-state index contributed by atoms with van der Waals surface area (Å²) >= 11 is 7.50. The first kappa shape index (κ1) is 30.9. The molecule has 46 heavy (non-hydrogen) atoms. The van der Waals surface area contributed by atoms with Gasteiger partial charge >= 0.3 is 5.97 Å². The molecule has 3 heterocycles. The van der Waals surface area contributed by atoms with Crippen molar-refractivity contribution >= 4 is 46.4 Å². The molecule has 232 valence electrons. The van der Waals surface area contributed by atoms with Gasteiger partial charge in [0, 0.05) is 29.3 Å². The Labute approximate surface area is 272 Å². The van der Waals surface area contributed by atoms with E-state index in [0.717, 1.165) is 16.7 Å². The molecule has 1 aliphatic rings. The molecule has 0 aliphatic carbocycles. The summed E-state index contributed by atoms with van der Waals surface area (Å²) in [4.78, 5) is 43.7. The van der Waals surface area contributed by atoms with E-state index >= 15 is 0 Å². The van der Waals surface area contributed by atoms with Crippen LogP contribution >= 0.6 is 22.9 Å². The van der Waals surface area contributed by atoms with Crippen LogP contribution in [0.25, 0.3) is 23.1 Å². The molecule has 1 atom stereocenters. The van der Waals surface area contributed by atoms with Crippen molar-refractivity contribution in [3.63, 3.8) is 0 Å². The highest BCUT2D eigenvalue weighted by molar-refractivity contribution is 7.07. The third kappa shape index (κ3) is 5.84. The molecule has 11 heteroatoms. The van der Waals surface area contributed by atoms with Gasteiger partial charge in [0.15, 0.2) is 4.80 Å². The minimum Gasteiger partial charge on any atom is -0.463 e. The lowest BCUT2D eigenvalue weighted by molar-refractivity contribution is -0.384.